The standard InChI is InChI=1S/C12H25N3O/c1-11(14-8-6-7-13)12(16)15-9-4-2-3-5-10-15/h11,14H,2-10,13H2,1H3. The third-order valence-corrected chi connectivity index (χ3v) is 3.12. The van der Waals surface area contributed by atoms with Gasteiger partial charge in [-0.3, -0.25) is 4.79 Å². The minimum absolute atomic E-state index is 0.0651. The lowest BCUT2D eigenvalue weighted by Gasteiger charge is -2.24. The van der Waals surface area contributed by atoms with Crippen molar-refractivity contribution in [2.24, 2.45) is 5.73 Å². The van der Waals surface area contributed by atoms with Gasteiger partial charge in [-0.1, -0.05) is 12.8 Å². The summed E-state index contributed by atoms with van der Waals surface area (Å²) in [6, 6.07) is -0.0651. The molecule has 0 aliphatic carbocycles. The van der Waals surface area contributed by atoms with Crippen LogP contribution in [0.15, 0.2) is 0 Å². The van der Waals surface area contributed by atoms with Crippen LogP contribution in [0.1, 0.15) is 39.0 Å². The quantitative estimate of drug-likeness (QED) is 0.680. The average molecular weight is 227 g/mol. The Labute approximate surface area is 98.6 Å². The molecule has 1 aliphatic rings. The van der Waals surface area contributed by atoms with E-state index in [1.807, 2.05) is 11.8 Å². The van der Waals surface area contributed by atoms with Crippen LogP contribution in [0.5, 0.6) is 0 Å². The average Bonchev–Trinajstić information content (AvgIpc) is 2.56. The summed E-state index contributed by atoms with van der Waals surface area (Å²) >= 11 is 0. The van der Waals surface area contributed by atoms with Gasteiger partial charge in [0.25, 0.3) is 0 Å². The number of carbonyl (C=O) groups excluding carboxylic acids is 1. The van der Waals surface area contributed by atoms with Crippen LogP contribution in [0.3, 0.4) is 0 Å². The SMILES string of the molecule is CC(NCCCN)C(=O)N1CCCCCC1. The van der Waals surface area contributed by atoms with Crippen LogP contribution in [0.25, 0.3) is 0 Å². The van der Waals surface area contributed by atoms with Gasteiger partial charge in [0.05, 0.1) is 6.04 Å². The Morgan fingerprint density at radius 1 is 1.31 bits per heavy atom. The van der Waals surface area contributed by atoms with Crippen LogP contribution in [0.2, 0.25) is 0 Å². The molecule has 16 heavy (non-hydrogen) atoms. The fourth-order valence-electron chi connectivity index (χ4n) is 2.07. The first-order chi connectivity index (χ1) is 7.75. The van der Waals surface area contributed by atoms with Gasteiger partial charge >= 0.3 is 0 Å². The lowest BCUT2D eigenvalue weighted by atomic mass is 10.2. The first kappa shape index (κ1) is 13.5. The summed E-state index contributed by atoms with van der Waals surface area (Å²) in [6.07, 6.45) is 5.76. The number of hydrogen-bond donors (Lipinski definition) is 2. The van der Waals surface area contributed by atoms with E-state index in [0.29, 0.717) is 6.54 Å². The second-order valence-corrected chi connectivity index (χ2v) is 4.56. The molecular weight excluding hydrogens is 202 g/mol. The van der Waals surface area contributed by atoms with Crippen molar-refractivity contribution in [3.05, 3.63) is 0 Å². The normalized spacial score (nSPS) is 19.2. The molecule has 1 unspecified atom stereocenters. The van der Waals surface area contributed by atoms with Crippen molar-refractivity contribution in [2.45, 2.75) is 45.1 Å². The Morgan fingerprint density at radius 2 is 1.94 bits per heavy atom. The molecule has 1 fully saturated rings. The molecule has 4 heteroatoms. The van der Waals surface area contributed by atoms with E-state index in [2.05, 4.69) is 5.32 Å². The highest BCUT2D eigenvalue weighted by Gasteiger charge is 2.20. The number of hydrogen-bond acceptors (Lipinski definition) is 3. The van der Waals surface area contributed by atoms with E-state index < -0.39 is 0 Å². The zero-order valence-corrected chi connectivity index (χ0v) is 10.4. The molecule has 0 aromatic heterocycles. The van der Waals surface area contributed by atoms with Gasteiger partial charge < -0.3 is 16.0 Å². The van der Waals surface area contributed by atoms with E-state index in [1.54, 1.807) is 0 Å². The van der Waals surface area contributed by atoms with Crippen LogP contribution in [-0.2, 0) is 4.79 Å². The molecule has 1 amide bonds. The minimum Gasteiger partial charge on any atom is -0.341 e. The van der Waals surface area contributed by atoms with E-state index >= 15 is 0 Å². The van der Waals surface area contributed by atoms with E-state index in [1.165, 1.54) is 12.8 Å². The van der Waals surface area contributed by atoms with E-state index in [4.69, 9.17) is 5.73 Å². The molecule has 1 aliphatic heterocycles. The molecule has 0 aromatic carbocycles. The maximum atomic E-state index is 12.1. The third kappa shape index (κ3) is 4.49. The molecule has 0 aromatic rings. The molecule has 3 N–H and O–H groups in total. The zero-order valence-electron chi connectivity index (χ0n) is 10.4. The molecule has 0 bridgehead atoms. The van der Waals surface area contributed by atoms with Gasteiger partial charge in [0.1, 0.15) is 0 Å². The maximum Gasteiger partial charge on any atom is 0.239 e. The van der Waals surface area contributed by atoms with Gasteiger partial charge in [0, 0.05) is 13.1 Å². The van der Waals surface area contributed by atoms with Crippen molar-refractivity contribution in [1.82, 2.24) is 10.2 Å². The molecule has 94 valence electrons. The minimum atomic E-state index is -0.0651. The molecule has 0 saturated carbocycles. The summed E-state index contributed by atoms with van der Waals surface area (Å²) in [5.74, 6) is 0.249. The van der Waals surface area contributed by atoms with Crippen molar-refractivity contribution < 1.29 is 4.79 Å². The molecule has 1 saturated heterocycles. The maximum absolute atomic E-state index is 12.1. The van der Waals surface area contributed by atoms with E-state index in [0.717, 1.165) is 38.9 Å². The Balaban J connectivity index is 2.30. The summed E-state index contributed by atoms with van der Waals surface area (Å²) in [5.41, 5.74) is 5.42. The number of nitrogens with one attached hydrogen (secondary N) is 1. The fourth-order valence-corrected chi connectivity index (χ4v) is 2.07. The van der Waals surface area contributed by atoms with Crippen LogP contribution >= 0.6 is 0 Å². The van der Waals surface area contributed by atoms with Crippen molar-refractivity contribution >= 4 is 5.91 Å². The molecule has 1 heterocycles. The van der Waals surface area contributed by atoms with Gasteiger partial charge in [0.15, 0.2) is 0 Å². The van der Waals surface area contributed by atoms with E-state index in [-0.39, 0.29) is 11.9 Å². The third-order valence-electron chi connectivity index (χ3n) is 3.12. The van der Waals surface area contributed by atoms with Crippen LogP contribution in [-0.4, -0.2) is 43.0 Å². The first-order valence-electron chi connectivity index (χ1n) is 6.48. The molecule has 1 rings (SSSR count). The van der Waals surface area contributed by atoms with Crippen molar-refractivity contribution in [2.75, 3.05) is 26.2 Å². The summed E-state index contributed by atoms with van der Waals surface area (Å²) in [7, 11) is 0. The predicted molar refractivity (Wildman–Crippen MR) is 66.2 cm³/mol. The number of rotatable bonds is 5. The Morgan fingerprint density at radius 3 is 2.50 bits per heavy atom. The number of amides is 1. The van der Waals surface area contributed by atoms with Crippen LogP contribution in [0.4, 0.5) is 0 Å². The zero-order chi connectivity index (χ0) is 11.8. The van der Waals surface area contributed by atoms with Crippen molar-refractivity contribution in [3.8, 4) is 0 Å². The predicted octanol–water partition coefficient (Wildman–Crippen LogP) is 0.716. The Kier molecular flexibility index (Phi) is 6.42. The number of likely N-dealkylation sites (tertiary alicyclic amines) is 1. The molecule has 1 atom stereocenters. The van der Waals surface area contributed by atoms with Crippen LogP contribution < -0.4 is 11.1 Å². The molecule has 4 nitrogen and oxygen atoms in total. The fraction of sp³-hybridized carbons (Fsp3) is 0.917. The summed E-state index contributed by atoms with van der Waals surface area (Å²) in [5, 5.41) is 3.23. The van der Waals surface area contributed by atoms with Gasteiger partial charge in [-0.15, -0.1) is 0 Å². The smallest absolute Gasteiger partial charge is 0.239 e. The van der Waals surface area contributed by atoms with Crippen LogP contribution in [0, 0.1) is 0 Å². The second kappa shape index (κ2) is 7.63. The number of nitrogens with two attached hydrogens (primary N) is 1. The lowest BCUT2D eigenvalue weighted by Crippen LogP contribution is -2.45. The highest BCUT2D eigenvalue weighted by atomic mass is 16.2. The van der Waals surface area contributed by atoms with Gasteiger partial charge in [-0.25, -0.2) is 0 Å². The lowest BCUT2D eigenvalue weighted by molar-refractivity contribution is -0.133. The largest absolute Gasteiger partial charge is 0.341 e. The topological polar surface area (TPSA) is 58.4 Å². The number of nitrogens with zero attached hydrogens (tertiary/aromatic N) is 1. The molecular formula is C12H25N3O. The summed E-state index contributed by atoms with van der Waals surface area (Å²) in [4.78, 5) is 14.1. The molecule has 0 spiro atoms. The monoisotopic (exact) mass is 227 g/mol. The second-order valence-electron chi connectivity index (χ2n) is 4.56. The van der Waals surface area contributed by atoms with Crippen molar-refractivity contribution in [3.63, 3.8) is 0 Å². The van der Waals surface area contributed by atoms with Gasteiger partial charge in [0.2, 0.25) is 5.91 Å². The Hall–Kier alpha value is -0.610. The highest BCUT2D eigenvalue weighted by molar-refractivity contribution is 5.81. The molecule has 0 radical (unpaired) electrons. The first-order valence-corrected chi connectivity index (χ1v) is 6.48. The van der Waals surface area contributed by atoms with Gasteiger partial charge in [-0.05, 0) is 39.3 Å². The van der Waals surface area contributed by atoms with E-state index in [9.17, 15) is 4.79 Å². The Bertz CT molecular complexity index is 200. The summed E-state index contributed by atoms with van der Waals surface area (Å²) < 4.78 is 0. The van der Waals surface area contributed by atoms with Crippen molar-refractivity contribution in [1.29, 1.82) is 0 Å². The number of carbonyl (C=O) groups is 1. The highest BCUT2D eigenvalue weighted by Crippen LogP contribution is 2.10. The van der Waals surface area contributed by atoms with Gasteiger partial charge in [-0.2, -0.15) is 0 Å². The summed E-state index contributed by atoms with van der Waals surface area (Å²) in [6.45, 7) is 5.32.